The van der Waals surface area contributed by atoms with Gasteiger partial charge in [0.15, 0.2) is 0 Å². The number of nitrogens with two attached hydrogens (primary N) is 1. The van der Waals surface area contributed by atoms with Crippen molar-refractivity contribution in [2.75, 3.05) is 5.73 Å². The van der Waals surface area contributed by atoms with Crippen LogP contribution in [0.25, 0.3) is 0 Å². The van der Waals surface area contributed by atoms with Gasteiger partial charge >= 0.3 is 6.18 Å². The summed E-state index contributed by atoms with van der Waals surface area (Å²) < 4.78 is 45.0. The molecule has 0 heterocycles. The number of hydrogen-bond donors (Lipinski definition) is 1. The van der Waals surface area contributed by atoms with Crippen LogP contribution in [0.1, 0.15) is 16.7 Å². The molecule has 2 N–H and O–H groups in total. The average molecular weight is 360 g/mol. The highest BCUT2D eigenvalue weighted by molar-refractivity contribution is 9.10. The maximum atomic E-state index is 12.9. The van der Waals surface area contributed by atoms with Crippen molar-refractivity contribution in [3.63, 3.8) is 0 Å². The lowest BCUT2D eigenvalue weighted by atomic mass is 10.1. The van der Waals surface area contributed by atoms with Gasteiger partial charge in [0.1, 0.15) is 0 Å². The molecule has 0 bridgehead atoms. The van der Waals surface area contributed by atoms with Crippen LogP contribution in [-0.2, 0) is 24.1 Å². The lowest BCUT2D eigenvalue weighted by molar-refractivity contribution is -0.138. The molecule has 2 aromatic carbocycles. The molecule has 0 unspecified atom stereocenters. The Labute approximate surface area is 128 Å². The molecule has 21 heavy (non-hydrogen) atoms. The molecule has 2 aromatic rings. The average Bonchev–Trinajstić information content (AvgIpc) is 2.41. The number of anilines is 1. The Bertz CT molecular complexity index is 611. The molecule has 0 aliphatic carbocycles. The Kier molecular flexibility index (Phi) is 4.90. The van der Waals surface area contributed by atoms with Crippen molar-refractivity contribution in [3.05, 3.63) is 63.6 Å². The van der Waals surface area contributed by atoms with Crippen molar-refractivity contribution in [1.29, 1.82) is 0 Å². The normalized spacial score (nSPS) is 11.6. The van der Waals surface area contributed by atoms with E-state index in [9.17, 15) is 13.2 Å². The van der Waals surface area contributed by atoms with Gasteiger partial charge in [-0.2, -0.15) is 13.2 Å². The lowest BCUT2D eigenvalue weighted by Crippen LogP contribution is -2.11. The number of nitrogen functional groups attached to an aromatic ring is 1. The molecular weight excluding hydrogens is 347 g/mol. The van der Waals surface area contributed by atoms with Crippen LogP contribution in [0.4, 0.5) is 18.9 Å². The number of benzene rings is 2. The third-order valence-corrected chi connectivity index (χ3v) is 3.41. The molecule has 0 aliphatic heterocycles. The monoisotopic (exact) mass is 359 g/mol. The molecule has 0 aliphatic rings. The highest BCUT2D eigenvalue weighted by Crippen LogP contribution is 2.33. The molecule has 2 nitrogen and oxygen atoms in total. The second-order valence-electron chi connectivity index (χ2n) is 4.53. The zero-order valence-corrected chi connectivity index (χ0v) is 12.5. The number of halogens is 4. The van der Waals surface area contributed by atoms with E-state index in [0.29, 0.717) is 0 Å². The minimum atomic E-state index is -4.44. The topological polar surface area (TPSA) is 35.2 Å². The summed E-state index contributed by atoms with van der Waals surface area (Å²) in [5.41, 5.74) is 5.71. The van der Waals surface area contributed by atoms with Crippen LogP contribution >= 0.6 is 15.9 Å². The van der Waals surface area contributed by atoms with Gasteiger partial charge in [-0.15, -0.1) is 0 Å². The molecule has 2 rings (SSSR count). The van der Waals surface area contributed by atoms with E-state index in [2.05, 4.69) is 15.9 Å². The van der Waals surface area contributed by atoms with Crippen LogP contribution in [0.15, 0.2) is 46.9 Å². The van der Waals surface area contributed by atoms with Crippen molar-refractivity contribution in [1.82, 2.24) is 0 Å². The first-order valence-corrected chi connectivity index (χ1v) is 6.93. The second kappa shape index (κ2) is 6.49. The highest BCUT2D eigenvalue weighted by atomic mass is 79.9. The predicted molar refractivity (Wildman–Crippen MR) is 78.5 cm³/mol. The van der Waals surface area contributed by atoms with E-state index in [4.69, 9.17) is 10.5 Å². The molecule has 0 saturated carbocycles. The zero-order chi connectivity index (χ0) is 15.5. The van der Waals surface area contributed by atoms with Crippen LogP contribution in [0.5, 0.6) is 0 Å². The molecule has 0 saturated heterocycles. The molecule has 0 fully saturated rings. The SMILES string of the molecule is Nc1ccc(COCc2ccc(Br)cc2)c(C(F)(F)F)c1. The van der Waals surface area contributed by atoms with Crippen LogP contribution in [0, 0.1) is 0 Å². The van der Waals surface area contributed by atoms with Gasteiger partial charge in [-0.05, 0) is 35.4 Å². The fourth-order valence-electron chi connectivity index (χ4n) is 1.84. The predicted octanol–water partition coefficient (Wildman–Crippen LogP) is 4.77. The minimum absolute atomic E-state index is 0.0776. The summed E-state index contributed by atoms with van der Waals surface area (Å²) in [5, 5.41) is 0. The molecule has 112 valence electrons. The Morgan fingerprint density at radius 1 is 1.00 bits per heavy atom. The van der Waals surface area contributed by atoms with Gasteiger partial charge in [0.05, 0.1) is 18.8 Å². The third kappa shape index (κ3) is 4.47. The van der Waals surface area contributed by atoms with E-state index in [1.54, 1.807) is 0 Å². The van der Waals surface area contributed by atoms with Gasteiger partial charge in [0.2, 0.25) is 0 Å². The van der Waals surface area contributed by atoms with Crippen molar-refractivity contribution in [2.45, 2.75) is 19.4 Å². The quantitative estimate of drug-likeness (QED) is 0.798. The van der Waals surface area contributed by atoms with Gasteiger partial charge in [-0.1, -0.05) is 34.1 Å². The summed E-state index contributed by atoms with van der Waals surface area (Å²) in [6.07, 6.45) is -4.44. The summed E-state index contributed by atoms with van der Waals surface area (Å²) in [7, 11) is 0. The highest BCUT2D eigenvalue weighted by Gasteiger charge is 2.33. The van der Waals surface area contributed by atoms with Gasteiger partial charge < -0.3 is 10.5 Å². The Hall–Kier alpha value is -1.53. The minimum Gasteiger partial charge on any atom is -0.399 e. The van der Waals surface area contributed by atoms with E-state index >= 15 is 0 Å². The third-order valence-electron chi connectivity index (χ3n) is 2.88. The van der Waals surface area contributed by atoms with Crippen LogP contribution in [0.2, 0.25) is 0 Å². The summed E-state index contributed by atoms with van der Waals surface area (Å²) >= 11 is 3.31. The number of rotatable bonds is 4. The fraction of sp³-hybridized carbons (Fsp3) is 0.200. The summed E-state index contributed by atoms with van der Waals surface area (Å²) in [6.45, 7) is 0.125. The largest absolute Gasteiger partial charge is 0.416 e. The zero-order valence-electron chi connectivity index (χ0n) is 11.0. The van der Waals surface area contributed by atoms with Gasteiger partial charge in [-0.25, -0.2) is 0 Å². The van der Waals surface area contributed by atoms with E-state index in [1.807, 2.05) is 24.3 Å². The first kappa shape index (κ1) is 15.9. The molecule has 0 spiro atoms. The molecule has 0 amide bonds. The Balaban J connectivity index is 2.05. The Morgan fingerprint density at radius 3 is 2.29 bits per heavy atom. The van der Waals surface area contributed by atoms with Gasteiger partial charge in [0.25, 0.3) is 0 Å². The van der Waals surface area contributed by atoms with Crippen LogP contribution in [-0.4, -0.2) is 0 Å². The standard InChI is InChI=1S/C15H13BrF3NO/c16-12-4-1-10(2-5-12)8-21-9-11-3-6-13(20)7-14(11)15(17,18)19/h1-7H,8-9,20H2. The van der Waals surface area contributed by atoms with Crippen molar-refractivity contribution in [3.8, 4) is 0 Å². The van der Waals surface area contributed by atoms with Gasteiger partial charge in [0, 0.05) is 10.2 Å². The fourth-order valence-corrected chi connectivity index (χ4v) is 2.11. The van der Waals surface area contributed by atoms with E-state index < -0.39 is 11.7 Å². The maximum absolute atomic E-state index is 12.9. The van der Waals surface area contributed by atoms with Gasteiger partial charge in [-0.3, -0.25) is 0 Å². The number of hydrogen-bond acceptors (Lipinski definition) is 2. The van der Waals surface area contributed by atoms with Crippen molar-refractivity contribution >= 4 is 21.6 Å². The van der Waals surface area contributed by atoms with Crippen LogP contribution in [0.3, 0.4) is 0 Å². The van der Waals surface area contributed by atoms with Crippen molar-refractivity contribution < 1.29 is 17.9 Å². The Morgan fingerprint density at radius 2 is 1.67 bits per heavy atom. The smallest absolute Gasteiger partial charge is 0.399 e. The second-order valence-corrected chi connectivity index (χ2v) is 5.45. The maximum Gasteiger partial charge on any atom is 0.416 e. The first-order valence-electron chi connectivity index (χ1n) is 6.14. The molecule has 0 aromatic heterocycles. The molecule has 6 heteroatoms. The molecule has 0 atom stereocenters. The number of ether oxygens (including phenoxy) is 1. The first-order chi connectivity index (χ1) is 9.86. The van der Waals surface area contributed by atoms with E-state index in [0.717, 1.165) is 16.1 Å². The summed E-state index contributed by atoms with van der Waals surface area (Å²) in [6, 6.07) is 11.1. The van der Waals surface area contributed by atoms with E-state index in [1.165, 1.54) is 12.1 Å². The number of alkyl halides is 3. The summed E-state index contributed by atoms with van der Waals surface area (Å²) in [5.74, 6) is 0. The molecular formula is C15H13BrF3NO. The van der Waals surface area contributed by atoms with E-state index in [-0.39, 0.29) is 24.5 Å². The molecule has 0 radical (unpaired) electrons. The van der Waals surface area contributed by atoms with Crippen molar-refractivity contribution in [2.24, 2.45) is 0 Å². The van der Waals surface area contributed by atoms with Crippen LogP contribution < -0.4 is 5.73 Å². The lowest BCUT2D eigenvalue weighted by Gasteiger charge is -2.14. The summed E-state index contributed by atoms with van der Waals surface area (Å²) in [4.78, 5) is 0.